The van der Waals surface area contributed by atoms with Crippen LogP contribution in [-0.2, 0) is 29.7 Å². The van der Waals surface area contributed by atoms with Crippen LogP contribution in [0, 0.1) is 0 Å². The molecule has 1 saturated carbocycles. The number of hydrogen-bond donors (Lipinski definition) is 1. The van der Waals surface area contributed by atoms with E-state index in [9.17, 15) is 0 Å². The minimum absolute atomic E-state index is 0.0126. The van der Waals surface area contributed by atoms with Crippen molar-refractivity contribution in [3.63, 3.8) is 0 Å². The van der Waals surface area contributed by atoms with Crippen molar-refractivity contribution in [3.05, 3.63) is 52.8 Å². The van der Waals surface area contributed by atoms with Gasteiger partial charge in [0.15, 0.2) is 0 Å². The molecule has 0 radical (unpaired) electrons. The van der Waals surface area contributed by atoms with Crippen molar-refractivity contribution < 1.29 is 4.74 Å². The zero-order chi connectivity index (χ0) is 19.0. The van der Waals surface area contributed by atoms with Gasteiger partial charge in [-0.3, -0.25) is 4.90 Å². The smallest absolute Gasteiger partial charge is 0.223 e. The Balaban J connectivity index is 1.32. The van der Waals surface area contributed by atoms with Crippen LogP contribution >= 0.6 is 0 Å². The Hall–Kier alpha value is -1.98. The van der Waals surface area contributed by atoms with Crippen LogP contribution in [0.25, 0.3) is 0 Å². The molecule has 148 valence electrons. The SMILES string of the molecule is CCCc1ccc(CN2CC[C@@]3(COCc4cnc(NC5CC5)nc43)C2)cc1. The van der Waals surface area contributed by atoms with Gasteiger partial charge in [0.05, 0.1) is 24.3 Å². The third kappa shape index (κ3) is 3.65. The highest BCUT2D eigenvalue weighted by Crippen LogP contribution is 2.40. The van der Waals surface area contributed by atoms with E-state index in [4.69, 9.17) is 9.72 Å². The lowest BCUT2D eigenvalue weighted by molar-refractivity contribution is 0.0503. The molecule has 1 aromatic heterocycles. The summed E-state index contributed by atoms with van der Waals surface area (Å²) in [6.45, 7) is 6.75. The fourth-order valence-electron chi connectivity index (χ4n) is 4.64. The Bertz CT molecular complexity index is 833. The predicted octanol–water partition coefficient (Wildman–Crippen LogP) is 3.68. The van der Waals surface area contributed by atoms with E-state index in [1.165, 1.54) is 41.6 Å². The van der Waals surface area contributed by atoms with E-state index in [0.717, 1.165) is 45.0 Å². The first-order valence-corrected chi connectivity index (χ1v) is 10.7. The second kappa shape index (κ2) is 7.45. The van der Waals surface area contributed by atoms with Gasteiger partial charge in [-0.15, -0.1) is 0 Å². The molecule has 2 aliphatic heterocycles. The first kappa shape index (κ1) is 18.1. The highest BCUT2D eigenvalue weighted by atomic mass is 16.5. The Kier molecular flexibility index (Phi) is 4.81. The molecule has 1 aliphatic carbocycles. The molecule has 5 heteroatoms. The molecular formula is C23H30N4O. The molecule has 0 bridgehead atoms. The molecule has 1 saturated heterocycles. The van der Waals surface area contributed by atoms with Crippen LogP contribution in [0.5, 0.6) is 0 Å². The summed E-state index contributed by atoms with van der Waals surface area (Å²) in [5, 5.41) is 3.46. The van der Waals surface area contributed by atoms with Crippen molar-refractivity contribution in [1.82, 2.24) is 14.9 Å². The highest BCUT2D eigenvalue weighted by Gasteiger charge is 2.45. The summed E-state index contributed by atoms with van der Waals surface area (Å²) < 4.78 is 5.98. The quantitative estimate of drug-likeness (QED) is 0.831. The van der Waals surface area contributed by atoms with Crippen molar-refractivity contribution in [2.75, 3.05) is 25.0 Å². The number of hydrogen-bond acceptors (Lipinski definition) is 5. The Labute approximate surface area is 167 Å². The first-order valence-electron chi connectivity index (χ1n) is 10.7. The number of fused-ring (bicyclic) bond motifs is 2. The van der Waals surface area contributed by atoms with Crippen LogP contribution in [0.15, 0.2) is 30.5 Å². The summed E-state index contributed by atoms with van der Waals surface area (Å²) in [5.74, 6) is 0.799. The third-order valence-corrected chi connectivity index (χ3v) is 6.31. The molecule has 28 heavy (non-hydrogen) atoms. The van der Waals surface area contributed by atoms with Crippen LogP contribution < -0.4 is 5.32 Å². The van der Waals surface area contributed by atoms with Gasteiger partial charge in [0, 0.05) is 30.9 Å². The van der Waals surface area contributed by atoms with Crippen LogP contribution in [0.3, 0.4) is 0 Å². The maximum Gasteiger partial charge on any atom is 0.223 e. The zero-order valence-electron chi connectivity index (χ0n) is 16.8. The van der Waals surface area contributed by atoms with Crippen LogP contribution in [-0.4, -0.2) is 40.6 Å². The minimum Gasteiger partial charge on any atom is -0.376 e. The molecule has 0 unspecified atom stereocenters. The molecule has 1 atom stereocenters. The number of ether oxygens (including phenoxy) is 1. The van der Waals surface area contributed by atoms with Crippen molar-refractivity contribution >= 4 is 5.95 Å². The summed E-state index contributed by atoms with van der Waals surface area (Å²) in [6.07, 6.45) is 7.92. The molecule has 3 aliphatic rings. The van der Waals surface area contributed by atoms with Crippen LogP contribution in [0.1, 0.15) is 55.0 Å². The van der Waals surface area contributed by atoms with E-state index < -0.39 is 0 Å². The molecule has 5 rings (SSSR count). The van der Waals surface area contributed by atoms with Crippen LogP contribution in [0.4, 0.5) is 5.95 Å². The Morgan fingerprint density at radius 3 is 2.82 bits per heavy atom. The second-order valence-electron chi connectivity index (χ2n) is 8.79. The maximum atomic E-state index is 5.98. The van der Waals surface area contributed by atoms with Gasteiger partial charge in [-0.25, -0.2) is 9.97 Å². The average Bonchev–Trinajstić information content (AvgIpc) is 3.44. The number of aromatic nitrogens is 2. The van der Waals surface area contributed by atoms with Gasteiger partial charge in [0.1, 0.15) is 0 Å². The van der Waals surface area contributed by atoms with Gasteiger partial charge >= 0.3 is 0 Å². The molecular weight excluding hydrogens is 348 g/mol. The molecule has 2 aromatic rings. The molecule has 5 nitrogen and oxygen atoms in total. The number of nitrogens with one attached hydrogen (secondary N) is 1. The summed E-state index contributed by atoms with van der Waals surface area (Å²) in [4.78, 5) is 12.1. The second-order valence-corrected chi connectivity index (χ2v) is 8.79. The lowest BCUT2D eigenvalue weighted by atomic mass is 9.80. The predicted molar refractivity (Wildman–Crippen MR) is 110 cm³/mol. The fourth-order valence-corrected chi connectivity index (χ4v) is 4.64. The summed E-state index contributed by atoms with van der Waals surface area (Å²) in [6, 6.07) is 9.73. The normalized spacial score (nSPS) is 24.5. The summed E-state index contributed by atoms with van der Waals surface area (Å²) >= 11 is 0. The lowest BCUT2D eigenvalue weighted by Gasteiger charge is -2.34. The summed E-state index contributed by atoms with van der Waals surface area (Å²) in [7, 11) is 0. The zero-order valence-corrected chi connectivity index (χ0v) is 16.8. The number of likely N-dealkylation sites (tertiary alicyclic amines) is 1. The number of rotatable bonds is 6. The van der Waals surface area contributed by atoms with E-state index in [2.05, 4.69) is 46.4 Å². The van der Waals surface area contributed by atoms with Crippen LogP contribution in [0.2, 0.25) is 0 Å². The maximum absolute atomic E-state index is 5.98. The van der Waals surface area contributed by atoms with Gasteiger partial charge in [-0.05, 0) is 43.4 Å². The Morgan fingerprint density at radius 1 is 1.21 bits per heavy atom. The minimum atomic E-state index is 0.0126. The van der Waals surface area contributed by atoms with Gasteiger partial charge in [-0.1, -0.05) is 37.6 Å². The van der Waals surface area contributed by atoms with Crippen molar-refractivity contribution in [3.8, 4) is 0 Å². The first-order chi connectivity index (χ1) is 13.7. The van der Waals surface area contributed by atoms with E-state index in [1.807, 2.05) is 6.20 Å². The fraction of sp³-hybridized carbons (Fsp3) is 0.565. The van der Waals surface area contributed by atoms with Crippen molar-refractivity contribution in [1.29, 1.82) is 0 Å². The third-order valence-electron chi connectivity index (χ3n) is 6.31. The lowest BCUT2D eigenvalue weighted by Crippen LogP contribution is -2.40. The number of benzene rings is 1. The molecule has 3 heterocycles. The van der Waals surface area contributed by atoms with Crippen molar-refractivity contribution in [2.45, 2.75) is 63.6 Å². The molecule has 0 amide bonds. The van der Waals surface area contributed by atoms with Crippen molar-refractivity contribution in [2.24, 2.45) is 0 Å². The van der Waals surface area contributed by atoms with E-state index >= 15 is 0 Å². The number of nitrogens with zero attached hydrogens (tertiary/aromatic N) is 3. The highest BCUT2D eigenvalue weighted by molar-refractivity contribution is 5.38. The monoisotopic (exact) mass is 378 g/mol. The van der Waals surface area contributed by atoms with E-state index in [1.54, 1.807) is 0 Å². The molecule has 1 N–H and O–H groups in total. The van der Waals surface area contributed by atoms with Gasteiger partial charge in [0.25, 0.3) is 0 Å². The number of aryl methyl sites for hydroxylation is 1. The van der Waals surface area contributed by atoms with E-state index in [-0.39, 0.29) is 5.41 Å². The summed E-state index contributed by atoms with van der Waals surface area (Å²) in [5.41, 5.74) is 5.23. The number of anilines is 1. The topological polar surface area (TPSA) is 50.3 Å². The molecule has 1 aromatic carbocycles. The van der Waals surface area contributed by atoms with Gasteiger partial charge in [0.2, 0.25) is 5.95 Å². The molecule has 1 spiro atoms. The standard InChI is InChI=1S/C23H30N4O/c1-2-3-17-4-6-18(7-5-17)13-27-11-10-23(15-27)16-28-14-19-12-24-22(26-21(19)23)25-20-8-9-20/h4-7,12,20H,2-3,8-11,13-16H2,1H3,(H,24,25,26)/t23-/m0/s1. The van der Waals surface area contributed by atoms with Gasteiger partial charge < -0.3 is 10.1 Å². The van der Waals surface area contributed by atoms with Gasteiger partial charge in [-0.2, -0.15) is 0 Å². The average molecular weight is 379 g/mol. The largest absolute Gasteiger partial charge is 0.376 e. The van der Waals surface area contributed by atoms with E-state index in [0.29, 0.717) is 12.6 Å². The Morgan fingerprint density at radius 2 is 2.04 bits per heavy atom. The molecule has 2 fully saturated rings.